The first-order valence-electron chi connectivity index (χ1n) is 12.7. The van der Waals surface area contributed by atoms with E-state index in [9.17, 15) is 9.18 Å². The zero-order valence-corrected chi connectivity index (χ0v) is 20.8. The number of fused-ring (bicyclic) bond motifs is 1. The first-order chi connectivity index (χ1) is 18.1. The van der Waals surface area contributed by atoms with Gasteiger partial charge in [-0.1, -0.05) is 84.9 Å². The summed E-state index contributed by atoms with van der Waals surface area (Å²) in [6, 6.07) is 31.3. The van der Waals surface area contributed by atoms with Crippen LogP contribution in [-0.4, -0.2) is 21.8 Å². The lowest BCUT2D eigenvalue weighted by atomic mass is 9.88. The van der Waals surface area contributed by atoms with Crippen molar-refractivity contribution in [2.45, 2.75) is 31.6 Å². The highest BCUT2D eigenvalue weighted by molar-refractivity contribution is 5.77. The third-order valence-electron chi connectivity index (χ3n) is 6.95. The molecule has 37 heavy (non-hydrogen) atoms. The molecule has 0 fully saturated rings. The van der Waals surface area contributed by atoms with Crippen LogP contribution in [0, 0.1) is 12.7 Å². The number of halogens is 1. The van der Waals surface area contributed by atoms with E-state index < -0.39 is 5.92 Å². The number of benzene rings is 3. The van der Waals surface area contributed by atoms with Gasteiger partial charge in [-0.25, -0.2) is 9.37 Å². The molecule has 0 aliphatic rings. The van der Waals surface area contributed by atoms with Crippen LogP contribution < -0.4 is 5.32 Å². The Morgan fingerprint density at radius 2 is 1.51 bits per heavy atom. The predicted molar refractivity (Wildman–Crippen MR) is 145 cm³/mol. The minimum absolute atomic E-state index is 0.115. The lowest BCUT2D eigenvalue weighted by Gasteiger charge is -2.20. The summed E-state index contributed by atoms with van der Waals surface area (Å²) in [5.74, 6) is -0.726. The molecule has 2 heterocycles. The molecule has 186 valence electrons. The number of nitrogens with one attached hydrogen (secondary N) is 1. The summed E-state index contributed by atoms with van der Waals surface area (Å²) in [6.45, 7) is 2.51. The van der Waals surface area contributed by atoms with E-state index in [1.165, 1.54) is 17.2 Å². The van der Waals surface area contributed by atoms with Gasteiger partial charge in [-0.05, 0) is 47.7 Å². The molecule has 0 aliphatic carbocycles. The molecule has 5 heteroatoms. The average molecular weight is 492 g/mol. The average Bonchev–Trinajstić information content (AvgIpc) is 3.37. The number of aryl methyl sites for hydroxylation is 1. The van der Waals surface area contributed by atoms with Crippen LogP contribution in [0.4, 0.5) is 4.39 Å². The van der Waals surface area contributed by atoms with E-state index in [0.717, 1.165) is 23.3 Å². The standard InChI is InChI=1S/C32H30FN3O/c1-23-11-10-20-36-30(22-35-32(23)36)28(27-16-8-9-17-29(27)33)21-31(37)34-19-18-26(24-12-4-2-5-13-24)25-14-6-3-7-15-25/h2-17,20,22,26,28H,18-19,21H2,1H3,(H,34,37). The Hall–Kier alpha value is -4.25. The Balaban J connectivity index is 1.35. The van der Waals surface area contributed by atoms with Crippen molar-refractivity contribution in [1.82, 2.24) is 14.7 Å². The number of nitrogens with zero attached hydrogens (tertiary/aromatic N) is 2. The van der Waals surface area contributed by atoms with Gasteiger partial charge < -0.3 is 9.72 Å². The molecule has 0 radical (unpaired) electrons. The minimum Gasteiger partial charge on any atom is -0.356 e. The van der Waals surface area contributed by atoms with Crippen molar-refractivity contribution in [1.29, 1.82) is 0 Å². The molecule has 0 spiro atoms. The number of amides is 1. The molecule has 0 saturated carbocycles. The molecule has 0 bridgehead atoms. The van der Waals surface area contributed by atoms with E-state index in [1.54, 1.807) is 18.3 Å². The summed E-state index contributed by atoms with van der Waals surface area (Å²) in [7, 11) is 0. The monoisotopic (exact) mass is 491 g/mol. The molecule has 1 atom stereocenters. The first kappa shape index (κ1) is 24.4. The van der Waals surface area contributed by atoms with Crippen molar-refractivity contribution in [2.75, 3.05) is 6.54 Å². The molecular weight excluding hydrogens is 461 g/mol. The van der Waals surface area contributed by atoms with Crippen LogP contribution >= 0.6 is 0 Å². The Kier molecular flexibility index (Phi) is 7.41. The second-order valence-corrected chi connectivity index (χ2v) is 9.36. The topological polar surface area (TPSA) is 46.4 Å². The molecule has 0 saturated heterocycles. The van der Waals surface area contributed by atoms with Gasteiger partial charge in [0.2, 0.25) is 5.91 Å². The number of hydrogen-bond donors (Lipinski definition) is 1. The zero-order valence-electron chi connectivity index (χ0n) is 20.8. The van der Waals surface area contributed by atoms with Crippen LogP contribution in [-0.2, 0) is 4.79 Å². The maximum atomic E-state index is 14.9. The number of hydrogen-bond acceptors (Lipinski definition) is 2. The summed E-state index contributed by atoms with van der Waals surface area (Å²) >= 11 is 0. The molecule has 3 aromatic carbocycles. The zero-order chi connectivity index (χ0) is 25.6. The highest BCUT2D eigenvalue weighted by Gasteiger charge is 2.25. The van der Waals surface area contributed by atoms with E-state index >= 15 is 0 Å². The fourth-order valence-electron chi connectivity index (χ4n) is 5.07. The third kappa shape index (κ3) is 5.46. The highest BCUT2D eigenvalue weighted by Crippen LogP contribution is 2.31. The van der Waals surface area contributed by atoms with Gasteiger partial charge >= 0.3 is 0 Å². The Morgan fingerprint density at radius 3 is 2.19 bits per heavy atom. The summed E-state index contributed by atoms with van der Waals surface area (Å²) in [5, 5.41) is 3.10. The lowest BCUT2D eigenvalue weighted by molar-refractivity contribution is -0.121. The van der Waals surface area contributed by atoms with Crippen molar-refractivity contribution >= 4 is 11.6 Å². The van der Waals surface area contributed by atoms with Crippen LogP contribution in [0.25, 0.3) is 5.65 Å². The van der Waals surface area contributed by atoms with Crippen LogP contribution in [0.15, 0.2) is 109 Å². The number of carbonyl (C=O) groups is 1. The second kappa shape index (κ2) is 11.2. The number of rotatable bonds is 9. The second-order valence-electron chi connectivity index (χ2n) is 9.36. The fourth-order valence-corrected chi connectivity index (χ4v) is 5.07. The number of imidazole rings is 1. The molecule has 2 aromatic heterocycles. The van der Waals surface area contributed by atoms with E-state index in [2.05, 4.69) is 34.6 Å². The van der Waals surface area contributed by atoms with Crippen molar-refractivity contribution < 1.29 is 9.18 Å². The summed E-state index contributed by atoms with van der Waals surface area (Å²) < 4.78 is 16.9. The van der Waals surface area contributed by atoms with Crippen molar-refractivity contribution in [2.24, 2.45) is 0 Å². The van der Waals surface area contributed by atoms with E-state index in [1.807, 2.05) is 72.1 Å². The molecule has 5 aromatic rings. The third-order valence-corrected chi connectivity index (χ3v) is 6.95. The summed E-state index contributed by atoms with van der Waals surface area (Å²) in [6.07, 6.45) is 4.57. The number of pyridine rings is 1. The largest absolute Gasteiger partial charge is 0.356 e. The van der Waals surface area contributed by atoms with Crippen LogP contribution in [0.3, 0.4) is 0 Å². The van der Waals surface area contributed by atoms with Gasteiger partial charge in [0.25, 0.3) is 0 Å². The lowest BCUT2D eigenvalue weighted by Crippen LogP contribution is -2.28. The van der Waals surface area contributed by atoms with E-state index in [4.69, 9.17) is 0 Å². The summed E-state index contributed by atoms with van der Waals surface area (Å²) in [5.41, 5.74) is 5.56. The Bertz CT molecular complexity index is 1440. The molecule has 0 aliphatic heterocycles. The normalized spacial score (nSPS) is 12.1. The van der Waals surface area contributed by atoms with Gasteiger partial charge in [0, 0.05) is 37.2 Å². The van der Waals surface area contributed by atoms with Crippen molar-refractivity contribution in [3.63, 3.8) is 0 Å². The first-order valence-corrected chi connectivity index (χ1v) is 12.7. The molecule has 1 N–H and O–H groups in total. The molecule has 4 nitrogen and oxygen atoms in total. The minimum atomic E-state index is -0.461. The molecule has 1 amide bonds. The number of aromatic nitrogens is 2. The highest BCUT2D eigenvalue weighted by atomic mass is 19.1. The van der Waals surface area contributed by atoms with E-state index in [-0.39, 0.29) is 24.1 Å². The maximum absolute atomic E-state index is 14.9. The van der Waals surface area contributed by atoms with E-state index in [0.29, 0.717) is 12.1 Å². The van der Waals surface area contributed by atoms with Gasteiger partial charge in [0.15, 0.2) is 0 Å². The van der Waals surface area contributed by atoms with Gasteiger partial charge in [0.1, 0.15) is 11.5 Å². The molecule has 1 unspecified atom stereocenters. The number of carbonyl (C=O) groups excluding carboxylic acids is 1. The van der Waals surface area contributed by atoms with Crippen molar-refractivity contribution in [3.8, 4) is 0 Å². The van der Waals surface area contributed by atoms with Crippen LogP contribution in [0.5, 0.6) is 0 Å². The van der Waals surface area contributed by atoms with Crippen LogP contribution in [0.2, 0.25) is 0 Å². The summed E-state index contributed by atoms with van der Waals surface area (Å²) in [4.78, 5) is 17.8. The molecule has 5 rings (SSSR count). The van der Waals surface area contributed by atoms with Gasteiger partial charge in [-0.2, -0.15) is 0 Å². The maximum Gasteiger partial charge on any atom is 0.221 e. The quantitative estimate of drug-likeness (QED) is 0.251. The Labute approximate surface area is 216 Å². The molecular formula is C32H30FN3O. The van der Waals surface area contributed by atoms with Gasteiger partial charge in [0.05, 0.1) is 5.69 Å². The van der Waals surface area contributed by atoms with Gasteiger partial charge in [-0.15, -0.1) is 0 Å². The fraction of sp³-hybridized carbons (Fsp3) is 0.188. The van der Waals surface area contributed by atoms with Crippen LogP contribution in [0.1, 0.15) is 52.6 Å². The SMILES string of the molecule is Cc1cccn2c(C(CC(=O)NCCC(c3ccccc3)c3ccccc3)c3ccccc3F)cnc12. The smallest absolute Gasteiger partial charge is 0.221 e. The van der Waals surface area contributed by atoms with Gasteiger partial charge in [-0.3, -0.25) is 4.79 Å². The predicted octanol–water partition coefficient (Wildman–Crippen LogP) is 6.64. The van der Waals surface area contributed by atoms with Crippen molar-refractivity contribution in [3.05, 3.63) is 143 Å². The Morgan fingerprint density at radius 1 is 0.865 bits per heavy atom.